The van der Waals surface area contributed by atoms with E-state index in [-0.39, 0.29) is 18.6 Å². The molecule has 98 valence electrons. The van der Waals surface area contributed by atoms with Crippen LogP contribution >= 0.6 is 0 Å². The topological polar surface area (TPSA) is 109 Å². The molecule has 0 aromatic carbocycles. The van der Waals surface area contributed by atoms with Crippen LogP contribution in [0.15, 0.2) is 0 Å². The smallest absolute Gasteiger partial charge is 0.325 e. The van der Waals surface area contributed by atoms with Crippen molar-refractivity contribution in [2.24, 2.45) is 11.8 Å². The summed E-state index contributed by atoms with van der Waals surface area (Å²) in [6.07, 6.45) is -0.254. The number of carboxylic acid groups (broad SMARTS) is 2. The number of aliphatic carboxylic acids is 2. The molecule has 0 spiro atoms. The Morgan fingerprint density at radius 1 is 1.35 bits per heavy atom. The molecule has 0 bridgehead atoms. The van der Waals surface area contributed by atoms with Crippen LogP contribution in [-0.2, 0) is 19.4 Å². The SMILES string of the molecule is CCS(=O)(=O)[C@]1(C(=O)O)C[C@@H](C(=O)O)C[C@H]1C. The Labute approximate surface area is 99.6 Å². The Morgan fingerprint density at radius 2 is 1.88 bits per heavy atom. The summed E-state index contributed by atoms with van der Waals surface area (Å²) in [5.74, 6) is -4.45. The van der Waals surface area contributed by atoms with Crippen molar-refractivity contribution in [1.29, 1.82) is 0 Å². The molecule has 2 N–H and O–H groups in total. The molecule has 1 rings (SSSR count). The Hall–Kier alpha value is -1.11. The number of rotatable bonds is 4. The maximum atomic E-state index is 12.0. The van der Waals surface area contributed by atoms with Gasteiger partial charge in [-0.15, -0.1) is 0 Å². The van der Waals surface area contributed by atoms with Crippen molar-refractivity contribution < 1.29 is 28.2 Å². The zero-order valence-electron chi connectivity index (χ0n) is 9.71. The number of hydrogen-bond donors (Lipinski definition) is 2. The van der Waals surface area contributed by atoms with Crippen LogP contribution in [0.1, 0.15) is 26.7 Å². The van der Waals surface area contributed by atoms with Crippen LogP contribution in [0.2, 0.25) is 0 Å². The van der Waals surface area contributed by atoms with Crippen LogP contribution in [-0.4, -0.2) is 41.1 Å². The van der Waals surface area contributed by atoms with Gasteiger partial charge in [0.05, 0.1) is 5.92 Å². The fourth-order valence-electron chi connectivity index (χ4n) is 2.58. The fourth-order valence-corrected chi connectivity index (χ4v) is 4.52. The Bertz CT molecular complexity index is 440. The number of carbonyl (C=O) groups is 2. The van der Waals surface area contributed by atoms with Gasteiger partial charge in [0.1, 0.15) is 0 Å². The second kappa shape index (κ2) is 4.29. The summed E-state index contributed by atoms with van der Waals surface area (Å²) in [5.41, 5.74) is 0. The van der Waals surface area contributed by atoms with Crippen molar-refractivity contribution in [3.63, 3.8) is 0 Å². The van der Waals surface area contributed by atoms with E-state index in [1.165, 1.54) is 13.8 Å². The molecule has 17 heavy (non-hydrogen) atoms. The van der Waals surface area contributed by atoms with E-state index >= 15 is 0 Å². The molecule has 0 aromatic heterocycles. The average Bonchev–Trinajstić information content (AvgIpc) is 2.57. The van der Waals surface area contributed by atoms with Gasteiger partial charge in [-0.05, 0) is 18.8 Å². The van der Waals surface area contributed by atoms with Crippen molar-refractivity contribution in [2.45, 2.75) is 31.4 Å². The molecular formula is C10H16O6S. The third-order valence-corrected chi connectivity index (χ3v) is 6.24. The largest absolute Gasteiger partial charge is 0.481 e. The van der Waals surface area contributed by atoms with E-state index in [2.05, 4.69) is 0 Å². The van der Waals surface area contributed by atoms with E-state index < -0.39 is 38.4 Å². The lowest BCUT2D eigenvalue weighted by molar-refractivity contribution is -0.142. The fraction of sp³-hybridized carbons (Fsp3) is 0.800. The highest BCUT2D eigenvalue weighted by molar-refractivity contribution is 7.93. The van der Waals surface area contributed by atoms with Gasteiger partial charge >= 0.3 is 11.9 Å². The summed E-state index contributed by atoms with van der Waals surface area (Å²) in [6.45, 7) is 2.87. The Morgan fingerprint density at radius 3 is 2.18 bits per heavy atom. The normalized spacial score (nSPS) is 33.5. The van der Waals surface area contributed by atoms with Gasteiger partial charge in [-0.2, -0.15) is 0 Å². The standard InChI is InChI=1S/C10H16O6S/c1-3-17(15,16)10(9(13)14)5-7(8(11)12)4-6(10)2/h6-7H,3-5H2,1-2H3,(H,11,12)(H,13,14)/t6-,7+,10-/m1/s1. The molecule has 1 fully saturated rings. The first-order chi connectivity index (χ1) is 7.69. The maximum absolute atomic E-state index is 12.0. The summed E-state index contributed by atoms with van der Waals surface area (Å²) in [7, 11) is -3.84. The molecule has 6 nitrogen and oxygen atoms in total. The summed E-state index contributed by atoms with van der Waals surface area (Å²) in [6, 6.07) is 0. The van der Waals surface area contributed by atoms with Gasteiger partial charge in [-0.25, -0.2) is 8.42 Å². The minimum Gasteiger partial charge on any atom is -0.481 e. The van der Waals surface area contributed by atoms with Gasteiger partial charge in [0.15, 0.2) is 14.6 Å². The Kier molecular flexibility index (Phi) is 3.52. The predicted octanol–water partition coefficient (Wildman–Crippen LogP) is 0.375. The molecule has 0 aromatic rings. The van der Waals surface area contributed by atoms with Crippen LogP contribution in [0.3, 0.4) is 0 Å². The van der Waals surface area contributed by atoms with Crippen molar-refractivity contribution in [1.82, 2.24) is 0 Å². The molecule has 0 aliphatic heterocycles. The van der Waals surface area contributed by atoms with Crippen molar-refractivity contribution in [3.8, 4) is 0 Å². The molecule has 0 radical (unpaired) electrons. The molecule has 0 unspecified atom stereocenters. The minimum atomic E-state index is -3.84. The monoisotopic (exact) mass is 264 g/mol. The van der Waals surface area contributed by atoms with Gasteiger partial charge < -0.3 is 10.2 Å². The van der Waals surface area contributed by atoms with Gasteiger partial charge in [0.25, 0.3) is 0 Å². The zero-order chi connectivity index (χ0) is 13.4. The van der Waals surface area contributed by atoms with E-state index in [0.29, 0.717) is 0 Å². The highest BCUT2D eigenvalue weighted by Gasteiger charge is 2.60. The van der Waals surface area contributed by atoms with Gasteiger partial charge in [0, 0.05) is 5.75 Å². The number of sulfone groups is 1. The lowest BCUT2D eigenvalue weighted by Gasteiger charge is -2.28. The highest BCUT2D eigenvalue weighted by Crippen LogP contribution is 2.45. The Balaban J connectivity index is 3.29. The maximum Gasteiger partial charge on any atom is 0.325 e. The van der Waals surface area contributed by atoms with Crippen LogP contribution in [0.25, 0.3) is 0 Å². The third kappa shape index (κ3) is 1.92. The van der Waals surface area contributed by atoms with Crippen LogP contribution < -0.4 is 0 Å². The molecule has 1 aliphatic carbocycles. The minimum absolute atomic E-state index is 0.0842. The van der Waals surface area contributed by atoms with E-state index in [1.807, 2.05) is 0 Å². The molecule has 0 heterocycles. The lowest BCUT2D eigenvalue weighted by atomic mass is 9.97. The third-order valence-electron chi connectivity index (χ3n) is 3.63. The van der Waals surface area contributed by atoms with Crippen LogP contribution in [0.5, 0.6) is 0 Å². The first-order valence-corrected chi connectivity index (χ1v) is 7.02. The predicted molar refractivity (Wildman–Crippen MR) is 59.4 cm³/mol. The van der Waals surface area contributed by atoms with Gasteiger partial charge in [-0.3, -0.25) is 9.59 Å². The second-order valence-electron chi connectivity index (χ2n) is 4.47. The van der Waals surface area contributed by atoms with Crippen molar-refractivity contribution in [2.75, 3.05) is 5.75 Å². The molecule has 7 heteroatoms. The molecule has 0 saturated heterocycles. The second-order valence-corrected chi connectivity index (χ2v) is 7.01. The van der Waals surface area contributed by atoms with Crippen LogP contribution in [0, 0.1) is 11.8 Å². The lowest BCUT2D eigenvalue weighted by Crippen LogP contribution is -2.49. The number of carboxylic acids is 2. The molecule has 3 atom stereocenters. The molecule has 1 aliphatic rings. The first kappa shape index (κ1) is 14.0. The number of hydrogen-bond acceptors (Lipinski definition) is 4. The van der Waals surface area contributed by atoms with Gasteiger partial charge in [0.2, 0.25) is 0 Å². The van der Waals surface area contributed by atoms with Crippen molar-refractivity contribution >= 4 is 21.8 Å². The summed E-state index contributed by atoms with van der Waals surface area (Å²) in [4.78, 5) is 22.2. The van der Waals surface area contributed by atoms with E-state index in [0.717, 1.165) is 0 Å². The first-order valence-electron chi connectivity index (χ1n) is 5.37. The van der Waals surface area contributed by atoms with Crippen molar-refractivity contribution in [3.05, 3.63) is 0 Å². The van der Waals surface area contributed by atoms with Gasteiger partial charge in [-0.1, -0.05) is 13.8 Å². The molecule has 0 amide bonds. The van der Waals surface area contributed by atoms with E-state index in [1.54, 1.807) is 0 Å². The average molecular weight is 264 g/mol. The quantitative estimate of drug-likeness (QED) is 0.759. The summed E-state index contributed by atoms with van der Waals surface area (Å²) in [5, 5.41) is 18.1. The van der Waals surface area contributed by atoms with E-state index in [4.69, 9.17) is 5.11 Å². The van der Waals surface area contributed by atoms with E-state index in [9.17, 15) is 23.1 Å². The summed E-state index contributed by atoms with van der Waals surface area (Å²) >= 11 is 0. The highest BCUT2D eigenvalue weighted by atomic mass is 32.2. The molecular weight excluding hydrogens is 248 g/mol. The zero-order valence-corrected chi connectivity index (χ0v) is 10.5. The summed E-state index contributed by atoms with van der Waals surface area (Å²) < 4.78 is 22.0. The molecule has 1 saturated carbocycles. The van der Waals surface area contributed by atoms with Crippen LogP contribution in [0.4, 0.5) is 0 Å².